The molecule has 0 atom stereocenters. The van der Waals surface area contributed by atoms with E-state index in [4.69, 9.17) is 10.00 Å². The zero-order chi connectivity index (χ0) is 15.4. The Labute approximate surface area is 130 Å². The van der Waals surface area contributed by atoms with Crippen molar-refractivity contribution in [3.8, 4) is 23.2 Å². The van der Waals surface area contributed by atoms with Crippen molar-refractivity contribution < 1.29 is 4.74 Å². The van der Waals surface area contributed by atoms with Crippen molar-refractivity contribution in [3.63, 3.8) is 0 Å². The summed E-state index contributed by atoms with van der Waals surface area (Å²) in [5.74, 6) is 1.71. The van der Waals surface area contributed by atoms with E-state index in [0.717, 1.165) is 43.1 Å². The van der Waals surface area contributed by atoms with Crippen LogP contribution in [0, 0.1) is 11.3 Å². The van der Waals surface area contributed by atoms with Crippen LogP contribution >= 0.6 is 0 Å². The molecule has 5 heteroatoms. The molecule has 2 aromatic rings. The molecule has 1 saturated heterocycles. The molecule has 1 fully saturated rings. The van der Waals surface area contributed by atoms with E-state index in [2.05, 4.69) is 23.0 Å². The van der Waals surface area contributed by atoms with Crippen LogP contribution in [0.2, 0.25) is 0 Å². The summed E-state index contributed by atoms with van der Waals surface area (Å²) in [6, 6.07) is 10.1. The zero-order valence-electron chi connectivity index (χ0n) is 12.8. The minimum absolute atomic E-state index is 0.308. The highest BCUT2D eigenvalue weighted by Gasteiger charge is 2.18. The minimum Gasteiger partial charge on any atom is -0.490 e. The number of piperidine rings is 1. The lowest BCUT2D eigenvalue weighted by Gasteiger charge is -2.29. The maximum atomic E-state index is 8.83. The lowest BCUT2D eigenvalue weighted by Crippen LogP contribution is -2.35. The number of rotatable bonds is 4. The molecule has 0 unspecified atom stereocenters. The second-order valence-corrected chi connectivity index (χ2v) is 5.68. The highest BCUT2D eigenvalue weighted by molar-refractivity contribution is 5.57. The van der Waals surface area contributed by atoms with Gasteiger partial charge < -0.3 is 14.2 Å². The van der Waals surface area contributed by atoms with Crippen LogP contribution in [0.15, 0.2) is 36.7 Å². The third kappa shape index (κ3) is 3.29. The molecule has 0 bridgehead atoms. The van der Waals surface area contributed by atoms with E-state index in [1.54, 1.807) is 6.20 Å². The highest BCUT2D eigenvalue weighted by Crippen LogP contribution is 2.23. The number of imidazole rings is 1. The highest BCUT2D eigenvalue weighted by atomic mass is 16.5. The Morgan fingerprint density at radius 1 is 1.27 bits per heavy atom. The number of nitriles is 1. The third-order valence-corrected chi connectivity index (χ3v) is 4.04. The molecule has 0 aliphatic carbocycles. The van der Waals surface area contributed by atoms with Gasteiger partial charge in [-0.25, -0.2) is 4.98 Å². The Bertz CT molecular complexity index is 648. The minimum atomic E-state index is 0.308. The van der Waals surface area contributed by atoms with Crippen molar-refractivity contribution in [1.29, 1.82) is 5.26 Å². The average Bonchev–Trinajstić information content (AvgIpc) is 2.99. The number of hydrogen-bond acceptors (Lipinski definition) is 4. The monoisotopic (exact) mass is 296 g/mol. The van der Waals surface area contributed by atoms with Crippen molar-refractivity contribution in [1.82, 2.24) is 14.5 Å². The van der Waals surface area contributed by atoms with Crippen LogP contribution in [-0.2, 0) is 6.54 Å². The van der Waals surface area contributed by atoms with Gasteiger partial charge in [-0.2, -0.15) is 5.26 Å². The molecule has 1 aliphatic rings. The van der Waals surface area contributed by atoms with Gasteiger partial charge in [-0.1, -0.05) is 0 Å². The third-order valence-electron chi connectivity index (χ3n) is 4.04. The van der Waals surface area contributed by atoms with Gasteiger partial charge in [-0.15, -0.1) is 0 Å². The number of ether oxygens (including phenoxy) is 1. The van der Waals surface area contributed by atoms with Crippen LogP contribution in [-0.4, -0.2) is 40.7 Å². The fraction of sp³-hybridized carbons (Fsp3) is 0.412. The normalized spacial score (nSPS) is 16.4. The van der Waals surface area contributed by atoms with Crippen LogP contribution in [0.3, 0.4) is 0 Å². The second kappa shape index (κ2) is 6.63. The molecular weight excluding hydrogens is 276 g/mol. The molecule has 2 heterocycles. The number of hydrogen-bond donors (Lipinski definition) is 0. The summed E-state index contributed by atoms with van der Waals surface area (Å²) in [6.07, 6.45) is 6.00. The van der Waals surface area contributed by atoms with E-state index in [-0.39, 0.29) is 0 Å². The largest absolute Gasteiger partial charge is 0.490 e. The topological polar surface area (TPSA) is 54.1 Å². The summed E-state index contributed by atoms with van der Waals surface area (Å²) in [5.41, 5.74) is 0.996. The molecule has 3 rings (SSSR count). The van der Waals surface area contributed by atoms with Gasteiger partial charge in [0.1, 0.15) is 24.2 Å². The fourth-order valence-corrected chi connectivity index (χ4v) is 2.75. The van der Waals surface area contributed by atoms with Crippen molar-refractivity contribution in [3.05, 3.63) is 36.7 Å². The van der Waals surface area contributed by atoms with Gasteiger partial charge in [-0.05, 0) is 44.2 Å². The van der Waals surface area contributed by atoms with Crippen molar-refractivity contribution in [2.24, 2.45) is 0 Å². The molecular formula is C17H20N4O. The van der Waals surface area contributed by atoms with E-state index in [9.17, 15) is 0 Å². The molecule has 1 aromatic heterocycles. The summed E-state index contributed by atoms with van der Waals surface area (Å²) >= 11 is 0. The van der Waals surface area contributed by atoms with Crippen LogP contribution in [0.4, 0.5) is 0 Å². The predicted molar refractivity (Wildman–Crippen MR) is 84.4 cm³/mol. The van der Waals surface area contributed by atoms with E-state index in [0.29, 0.717) is 12.6 Å². The molecule has 0 radical (unpaired) electrons. The van der Waals surface area contributed by atoms with Gasteiger partial charge in [0.15, 0.2) is 0 Å². The van der Waals surface area contributed by atoms with Crippen molar-refractivity contribution in [2.45, 2.75) is 25.5 Å². The Hall–Kier alpha value is -2.32. The maximum Gasteiger partial charge on any atom is 0.140 e. The summed E-state index contributed by atoms with van der Waals surface area (Å²) < 4.78 is 7.89. The van der Waals surface area contributed by atoms with Gasteiger partial charge in [-0.3, -0.25) is 0 Å². The van der Waals surface area contributed by atoms with Crippen LogP contribution in [0.1, 0.15) is 12.8 Å². The molecule has 0 spiro atoms. The first-order chi connectivity index (χ1) is 10.8. The first kappa shape index (κ1) is 14.6. The van der Waals surface area contributed by atoms with Gasteiger partial charge >= 0.3 is 0 Å². The molecule has 1 aromatic carbocycles. The van der Waals surface area contributed by atoms with Gasteiger partial charge in [0, 0.05) is 31.0 Å². The van der Waals surface area contributed by atoms with E-state index in [1.807, 2.05) is 35.0 Å². The molecule has 114 valence electrons. The van der Waals surface area contributed by atoms with Gasteiger partial charge in [0.05, 0.1) is 6.07 Å². The summed E-state index contributed by atoms with van der Waals surface area (Å²) in [5, 5.41) is 8.83. The average molecular weight is 296 g/mol. The molecule has 1 aliphatic heterocycles. The summed E-state index contributed by atoms with van der Waals surface area (Å²) in [4.78, 5) is 6.66. The number of likely N-dealkylation sites (tertiary alicyclic amines) is 1. The number of nitrogens with zero attached hydrogens (tertiary/aromatic N) is 4. The van der Waals surface area contributed by atoms with Crippen molar-refractivity contribution >= 4 is 0 Å². The number of benzene rings is 1. The van der Waals surface area contributed by atoms with E-state index < -0.39 is 0 Å². The van der Waals surface area contributed by atoms with E-state index in [1.165, 1.54) is 0 Å². The molecule has 0 saturated carbocycles. The molecule has 22 heavy (non-hydrogen) atoms. The Morgan fingerprint density at radius 2 is 2.00 bits per heavy atom. The van der Waals surface area contributed by atoms with Gasteiger partial charge in [0.2, 0.25) is 0 Å². The SMILES string of the molecule is CN1CCC(Oc2ccc(-c3nccn3CC#N)cc2)CC1. The van der Waals surface area contributed by atoms with E-state index >= 15 is 0 Å². The fourth-order valence-electron chi connectivity index (χ4n) is 2.75. The quantitative estimate of drug-likeness (QED) is 0.870. The standard InChI is InChI=1S/C17H20N4O/c1-20-10-6-16(7-11-20)22-15-4-2-14(3-5-15)17-19-9-13-21(17)12-8-18/h2-5,9,13,16H,6-7,10-12H2,1H3. The molecule has 5 nitrogen and oxygen atoms in total. The first-order valence-corrected chi connectivity index (χ1v) is 7.60. The van der Waals surface area contributed by atoms with Crippen molar-refractivity contribution in [2.75, 3.05) is 20.1 Å². The smallest absolute Gasteiger partial charge is 0.140 e. The maximum absolute atomic E-state index is 8.83. The summed E-state index contributed by atoms with van der Waals surface area (Å²) in [6.45, 7) is 2.49. The Balaban J connectivity index is 1.68. The predicted octanol–water partition coefficient (Wildman–Crippen LogP) is 2.55. The van der Waals surface area contributed by atoms with Gasteiger partial charge in [0.25, 0.3) is 0 Å². The van der Waals surface area contributed by atoms with Crippen LogP contribution in [0.5, 0.6) is 5.75 Å². The molecule has 0 amide bonds. The molecule has 0 N–H and O–H groups in total. The summed E-state index contributed by atoms with van der Waals surface area (Å²) in [7, 11) is 2.15. The Morgan fingerprint density at radius 3 is 2.68 bits per heavy atom. The first-order valence-electron chi connectivity index (χ1n) is 7.60. The zero-order valence-corrected chi connectivity index (χ0v) is 12.8. The number of aromatic nitrogens is 2. The lowest BCUT2D eigenvalue weighted by atomic mass is 10.1. The second-order valence-electron chi connectivity index (χ2n) is 5.68. The van der Waals surface area contributed by atoms with Crippen LogP contribution in [0.25, 0.3) is 11.4 Å². The van der Waals surface area contributed by atoms with Crippen LogP contribution < -0.4 is 4.74 Å². The lowest BCUT2D eigenvalue weighted by molar-refractivity contribution is 0.114. The Kier molecular flexibility index (Phi) is 4.40.